The zero-order chi connectivity index (χ0) is 15.7. The maximum Gasteiger partial charge on any atom is 0.266 e. The van der Waals surface area contributed by atoms with Gasteiger partial charge < -0.3 is 9.15 Å². The van der Waals surface area contributed by atoms with E-state index in [9.17, 15) is 4.79 Å². The molecule has 1 amide bonds. The molecule has 3 rings (SSSR count). The van der Waals surface area contributed by atoms with E-state index in [1.807, 2.05) is 24.3 Å². The molecule has 112 valence electrons. The average Bonchev–Trinajstić information content (AvgIpc) is 3.03. The van der Waals surface area contributed by atoms with Gasteiger partial charge in [-0.25, -0.2) is 0 Å². The van der Waals surface area contributed by atoms with E-state index in [2.05, 4.69) is 6.58 Å². The van der Waals surface area contributed by atoms with Gasteiger partial charge >= 0.3 is 0 Å². The molecule has 6 heteroatoms. The Kier molecular flexibility index (Phi) is 4.04. The van der Waals surface area contributed by atoms with Crippen LogP contribution in [-0.4, -0.2) is 28.8 Å². The van der Waals surface area contributed by atoms with Crippen LogP contribution in [0, 0.1) is 0 Å². The Morgan fingerprint density at radius 1 is 1.50 bits per heavy atom. The third-order valence-corrected chi connectivity index (χ3v) is 4.58. The van der Waals surface area contributed by atoms with Crippen LogP contribution in [0.5, 0.6) is 5.75 Å². The first-order valence-electron chi connectivity index (χ1n) is 6.57. The van der Waals surface area contributed by atoms with Crippen molar-refractivity contribution in [1.82, 2.24) is 4.90 Å². The van der Waals surface area contributed by atoms with Gasteiger partial charge in [0.2, 0.25) is 0 Å². The maximum atomic E-state index is 12.3. The molecule has 1 aliphatic rings. The van der Waals surface area contributed by atoms with Crippen molar-refractivity contribution in [2.45, 2.75) is 0 Å². The van der Waals surface area contributed by atoms with E-state index in [-0.39, 0.29) is 5.91 Å². The largest absolute Gasteiger partial charge is 0.493 e. The second-order valence-corrected chi connectivity index (χ2v) is 6.28. The molecule has 0 spiro atoms. The van der Waals surface area contributed by atoms with Crippen molar-refractivity contribution >= 4 is 51.3 Å². The van der Waals surface area contributed by atoms with Crippen LogP contribution in [0.4, 0.5) is 0 Å². The Morgan fingerprint density at radius 2 is 2.32 bits per heavy atom. The minimum absolute atomic E-state index is 0.123. The lowest BCUT2D eigenvalue weighted by Crippen LogP contribution is -2.27. The van der Waals surface area contributed by atoms with Gasteiger partial charge in [-0.05, 0) is 12.1 Å². The van der Waals surface area contributed by atoms with Gasteiger partial charge in [0.1, 0.15) is 10.1 Å². The van der Waals surface area contributed by atoms with Crippen LogP contribution in [0.1, 0.15) is 5.76 Å². The Balaban J connectivity index is 1.97. The highest BCUT2D eigenvalue weighted by Crippen LogP contribution is 2.34. The third-order valence-electron chi connectivity index (χ3n) is 3.21. The van der Waals surface area contributed by atoms with Crippen molar-refractivity contribution in [3.05, 3.63) is 47.6 Å². The number of thioether (sulfide) groups is 1. The Hall–Kier alpha value is -2.05. The van der Waals surface area contributed by atoms with E-state index in [1.54, 1.807) is 19.3 Å². The fourth-order valence-corrected chi connectivity index (χ4v) is 3.46. The van der Waals surface area contributed by atoms with Crippen LogP contribution in [-0.2, 0) is 4.79 Å². The van der Waals surface area contributed by atoms with Crippen LogP contribution in [0.2, 0.25) is 0 Å². The molecule has 1 fully saturated rings. The highest BCUT2D eigenvalue weighted by molar-refractivity contribution is 8.26. The number of amides is 1. The summed E-state index contributed by atoms with van der Waals surface area (Å²) in [5, 5.41) is 0.923. The fraction of sp³-hybridized carbons (Fsp3) is 0.125. The molecule has 0 atom stereocenters. The van der Waals surface area contributed by atoms with E-state index in [4.69, 9.17) is 21.4 Å². The maximum absolute atomic E-state index is 12.3. The molecule has 2 heterocycles. The molecular weight excluding hydrogens is 318 g/mol. The number of carbonyl (C=O) groups excluding carboxylic acids is 1. The molecule has 0 N–H and O–H groups in total. The summed E-state index contributed by atoms with van der Waals surface area (Å²) < 4.78 is 11.6. The van der Waals surface area contributed by atoms with E-state index in [0.29, 0.717) is 32.9 Å². The zero-order valence-corrected chi connectivity index (χ0v) is 13.5. The molecule has 0 saturated carbocycles. The number of hydrogen-bond donors (Lipinski definition) is 0. The van der Waals surface area contributed by atoms with E-state index in [1.165, 1.54) is 16.7 Å². The second-order valence-electron chi connectivity index (χ2n) is 4.61. The molecule has 1 saturated heterocycles. The zero-order valence-electron chi connectivity index (χ0n) is 11.9. The molecular formula is C16H13NO3S2. The van der Waals surface area contributed by atoms with E-state index < -0.39 is 0 Å². The summed E-state index contributed by atoms with van der Waals surface area (Å²) in [5.74, 6) is 1.14. The number of carbonyl (C=O) groups is 1. The molecule has 0 bridgehead atoms. The predicted octanol–water partition coefficient (Wildman–Crippen LogP) is 3.83. The summed E-state index contributed by atoms with van der Waals surface area (Å²) in [6, 6.07) is 7.53. The first kappa shape index (κ1) is 14.9. The number of fused-ring (bicyclic) bond motifs is 1. The van der Waals surface area contributed by atoms with Crippen molar-refractivity contribution in [2.24, 2.45) is 0 Å². The summed E-state index contributed by atoms with van der Waals surface area (Å²) in [6.07, 6.45) is 3.36. The normalized spacial score (nSPS) is 16.8. The monoisotopic (exact) mass is 331 g/mol. The number of ether oxygens (including phenoxy) is 1. The smallest absolute Gasteiger partial charge is 0.266 e. The predicted molar refractivity (Wildman–Crippen MR) is 92.8 cm³/mol. The van der Waals surface area contributed by atoms with Gasteiger partial charge in [0.15, 0.2) is 11.3 Å². The minimum atomic E-state index is -0.123. The Morgan fingerprint density at radius 3 is 3.05 bits per heavy atom. The van der Waals surface area contributed by atoms with Crippen molar-refractivity contribution in [1.29, 1.82) is 0 Å². The van der Waals surface area contributed by atoms with Crippen LogP contribution < -0.4 is 4.74 Å². The first-order chi connectivity index (χ1) is 10.6. The highest BCUT2D eigenvalue weighted by atomic mass is 32.2. The lowest BCUT2D eigenvalue weighted by Gasteiger charge is -2.10. The molecule has 1 aromatic heterocycles. The molecule has 4 nitrogen and oxygen atoms in total. The van der Waals surface area contributed by atoms with Gasteiger partial charge in [0, 0.05) is 18.0 Å². The molecule has 22 heavy (non-hydrogen) atoms. The van der Waals surface area contributed by atoms with Crippen molar-refractivity contribution < 1.29 is 13.9 Å². The summed E-state index contributed by atoms with van der Waals surface area (Å²) >= 11 is 6.48. The number of nitrogens with zero attached hydrogens (tertiary/aromatic N) is 1. The first-order valence-corrected chi connectivity index (χ1v) is 7.79. The van der Waals surface area contributed by atoms with Crippen molar-refractivity contribution in [3.63, 3.8) is 0 Å². The minimum Gasteiger partial charge on any atom is -0.493 e. The summed E-state index contributed by atoms with van der Waals surface area (Å²) in [6.45, 7) is 4.05. The fourth-order valence-electron chi connectivity index (χ4n) is 2.20. The number of methoxy groups -OCH3 is 1. The Labute approximate surface area is 137 Å². The van der Waals surface area contributed by atoms with Crippen LogP contribution in [0.3, 0.4) is 0 Å². The van der Waals surface area contributed by atoms with Gasteiger partial charge in [-0.15, -0.1) is 6.58 Å². The number of para-hydroxylation sites is 1. The molecule has 1 aromatic carbocycles. The molecule has 0 radical (unpaired) electrons. The average molecular weight is 331 g/mol. The topological polar surface area (TPSA) is 42.7 Å². The van der Waals surface area contributed by atoms with Gasteiger partial charge in [-0.3, -0.25) is 9.69 Å². The van der Waals surface area contributed by atoms with Crippen LogP contribution >= 0.6 is 24.0 Å². The van der Waals surface area contributed by atoms with Crippen LogP contribution in [0.25, 0.3) is 17.0 Å². The van der Waals surface area contributed by atoms with Crippen LogP contribution in [0.15, 0.2) is 46.2 Å². The summed E-state index contributed by atoms with van der Waals surface area (Å²) in [7, 11) is 1.59. The third kappa shape index (κ3) is 2.55. The molecule has 2 aromatic rings. The summed E-state index contributed by atoms with van der Waals surface area (Å²) in [5.41, 5.74) is 0.665. The Bertz CT molecular complexity index is 807. The number of thiocarbonyl (C=S) groups is 1. The van der Waals surface area contributed by atoms with E-state index >= 15 is 0 Å². The number of hydrogen-bond acceptors (Lipinski definition) is 5. The SMILES string of the molecule is C=CCN1C(=O)C(=Cc2cc3cccc(OC)c3o2)SC1=S. The number of benzene rings is 1. The number of furan rings is 1. The molecule has 1 aliphatic heterocycles. The van der Waals surface area contributed by atoms with Crippen molar-refractivity contribution in [3.8, 4) is 5.75 Å². The van der Waals surface area contributed by atoms with E-state index in [0.717, 1.165) is 5.39 Å². The van der Waals surface area contributed by atoms with Gasteiger partial charge in [0.05, 0.1) is 12.0 Å². The molecule has 0 unspecified atom stereocenters. The molecule has 0 aliphatic carbocycles. The second kappa shape index (κ2) is 5.98. The van der Waals surface area contributed by atoms with Gasteiger partial charge in [0.25, 0.3) is 5.91 Å². The standard InChI is InChI=1S/C16H13NO3S2/c1-3-7-17-15(18)13(22-16(17)21)9-11-8-10-5-4-6-12(19-2)14(10)20-11/h3-6,8-9H,1,7H2,2H3. The highest BCUT2D eigenvalue weighted by Gasteiger charge is 2.31. The van der Waals surface area contributed by atoms with Gasteiger partial charge in [-0.1, -0.05) is 42.2 Å². The quantitative estimate of drug-likeness (QED) is 0.484. The lowest BCUT2D eigenvalue weighted by molar-refractivity contribution is -0.121. The van der Waals surface area contributed by atoms with Crippen molar-refractivity contribution in [2.75, 3.05) is 13.7 Å². The number of rotatable bonds is 4. The van der Waals surface area contributed by atoms with Gasteiger partial charge in [-0.2, -0.15) is 0 Å². The lowest BCUT2D eigenvalue weighted by atomic mass is 10.2. The summed E-state index contributed by atoms with van der Waals surface area (Å²) in [4.78, 5) is 14.3.